The van der Waals surface area contributed by atoms with Crippen molar-refractivity contribution < 1.29 is 22.7 Å². The van der Waals surface area contributed by atoms with Crippen LogP contribution in [-0.2, 0) is 22.3 Å². The van der Waals surface area contributed by atoms with E-state index in [1.54, 1.807) is 4.57 Å². The Morgan fingerprint density at radius 2 is 1.82 bits per heavy atom. The number of alkyl halides is 3. The van der Waals surface area contributed by atoms with Gasteiger partial charge in [0.25, 0.3) is 0 Å². The molecule has 176 valence electrons. The third-order valence-electron chi connectivity index (χ3n) is 6.66. The maximum Gasteiger partial charge on any atom is 0.416 e. The SMILES string of the molecule is CC(C)[C@@H]1CC[C@@H](C)C[C@H]1OC(=O)Cn1c(-c2ccc(C(F)(F)F)cc2)nc2ccccc21. The van der Waals surface area contributed by atoms with Crippen LogP contribution < -0.4 is 0 Å². The van der Waals surface area contributed by atoms with Crippen LogP contribution in [0.3, 0.4) is 0 Å². The fraction of sp³-hybridized carbons (Fsp3) is 0.462. The van der Waals surface area contributed by atoms with Crippen molar-refractivity contribution in [3.05, 3.63) is 54.1 Å². The molecule has 1 aromatic heterocycles. The van der Waals surface area contributed by atoms with Crippen LogP contribution in [0.2, 0.25) is 0 Å². The van der Waals surface area contributed by atoms with Crippen LogP contribution in [0.1, 0.15) is 45.6 Å². The molecule has 1 fully saturated rings. The molecular formula is C26H29F3N2O2. The van der Waals surface area contributed by atoms with Crippen molar-refractivity contribution in [1.29, 1.82) is 0 Å². The molecule has 2 aromatic carbocycles. The number of halogens is 3. The molecule has 3 atom stereocenters. The number of fused-ring (bicyclic) bond motifs is 1. The molecule has 1 aliphatic carbocycles. The van der Waals surface area contributed by atoms with Crippen molar-refractivity contribution in [3.63, 3.8) is 0 Å². The third kappa shape index (κ3) is 5.07. The number of carbonyl (C=O) groups excluding carboxylic acids is 1. The number of esters is 1. The fourth-order valence-corrected chi connectivity index (χ4v) is 4.85. The van der Waals surface area contributed by atoms with Gasteiger partial charge in [0.1, 0.15) is 18.5 Å². The maximum absolute atomic E-state index is 13.0. The molecule has 3 aromatic rings. The van der Waals surface area contributed by atoms with E-state index in [9.17, 15) is 18.0 Å². The maximum atomic E-state index is 13.0. The van der Waals surface area contributed by atoms with Gasteiger partial charge in [0, 0.05) is 5.56 Å². The molecule has 0 spiro atoms. The van der Waals surface area contributed by atoms with Crippen molar-refractivity contribution >= 4 is 17.0 Å². The van der Waals surface area contributed by atoms with Crippen LogP contribution in [-0.4, -0.2) is 21.6 Å². The summed E-state index contributed by atoms with van der Waals surface area (Å²) in [5.41, 5.74) is 1.20. The summed E-state index contributed by atoms with van der Waals surface area (Å²) in [7, 11) is 0. The number of para-hydroxylation sites is 2. The molecule has 0 bridgehead atoms. The summed E-state index contributed by atoms with van der Waals surface area (Å²) >= 11 is 0. The molecule has 0 aliphatic heterocycles. The second-order valence-corrected chi connectivity index (χ2v) is 9.44. The van der Waals surface area contributed by atoms with Gasteiger partial charge >= 0.3 is 12.1 Å². The number of rotatable bonds is 5. The van der Waals surface area contributed by atoms with E-state index in [4.69, 9.17) is 4.74 Å². The van der Waals surface area contributed by atoms with E-state index < -0.39 is 11.7 Å². The predicted octanol–water partition coefficient (Wildman–Crippen LogP) is 6.73. The highest BCUT2D eigenvalue weighted by Crippen LogP contribution is 2.36. The molecule has 4 nitrogen and oxygen atoms in total. The van der Waals surface area contributed by atoms with Gasteiger partial charge < -0.3 is 9.30 Å². The molecule has 0 unspecified atom stereocenters. The first-order valence-electron chi connectivity index (χ1n) is 11.5. The first kappa shape index (κ1) is 23.3. The summed E-state index contributed by atoms with van der Waals surface area (Å²) in [6.45, 7) is 6.46. The number of benzene rings is 2. The predicted molar refractivity (Wildman–Crippen MR) is 121 cm³/mol. The number of aromatic nitrogens is 2. The van der Waals surface area contributed by atoms with Crippen molar-refractivity contribution in [2.75, 3.05) is 0 Å². The molecule has 1 heterocycles. The Morgan fingerprint density at radius 3 is 2.48 bits per heavy atom. The van der Waals surface area contributed by atoms with E-state index in [1.807, 2.05) is 24.3 Å². The largest absolute Gasteiger partial charge is 0.461 e. The molecule has 0 N–H and O–H groups in total. The molecular weight excluding hydrogens is 429 g/mol. The second-order valence-electron chi connectivity index (χ2n) is 9.44. The molecule has 1 saturated carbocycles. The number of carbonyl (C=O) groups is 1. The van der Waals surface area contributed by atoms with Gasteiger partial charge in [-0.15, -0.1) is 0 Å². The summed E-state index contributed by atoms with van der Waals surface area (Å²) in [5, 5.41) is 0. The first-order valence-corrected chi connectivity index (χ1v) is 11.5. The van der Waals surface area contributed by atoms with Crippen LogP contribution in [0.4, 0.5) is 13.2 Å². The molecule has 4 rings (SSSR count). The Balaban J connectivity index is 1.62. The number of hydrogen-bond donors (Lipinski definition) is 0. The Hall–Kier alpha value is -2.83. The van der Waals surface area contributed by atoms with Gasteiger partial charge in [-0.3, -0.25) is 4.79 Å². The van der Waals surface area contributed by atoms with E-state index in [1.165, 1.54) is 12.1 Å². The average Bonchev–Trinajstić information content (AvgIpc) is 3.11. The summed E-state index contributed by atoms with van der Waals surface area (Å²) in [4.78, 5) is 17.7. The van der Waals surface area contributed by atoms with Crippen LogP contribution in [0.15, 0.2) is 48.5 Å². The lowest BCUT2D eigenvalue weighted by Gasteiger charge is -2.36. The van der Waals surface area contributed by atoms with Crippen molar-refractivity contribution in [2.45, 2.75) is 58.9 Å². The van der Waals surface area contributed by atoms with Gasteiger partial charge in [-0.25, -0.2) is 4.98 Å². The zero-order valence-electron chi connectivity index (χ0n) is 19.1. The first-order chi connectivity index (χ1) is 15.6. The molecule has 0 radical (unpaired) electrons. The van der Waals surface area contributed by atoms with Crippen molar-refractivity contribution in [2.24, 2.45) is 17.8 Å². The molecule has 1 aliphatic rings. The average molecular weight is 459 g/mol. The molecule has 0 amide bonds. The summed E-state index contributed by atoms with van der Waals surface area (Å²) < 4.78 is 46.7. The van der Waals surface area contributed by atoms with Gasteiger partial charge in [-0.1, -0.05) is 51.5 Å². The van der Waals surface area contributed by atoms with E-state index >= 15 is 0 Å². The van der Waals surface area contributed by atoms with Gasteiger partial charge in [-0.05, 0) is 54.9 Å². The highest BCUT2D eigenvalue weighted by molar-refractivity contribution is 5.83. The lowest BCUT2D eigenvalue weighted by atomic mass is 9.75. The second kappa shape index (κ2) is 9.20. The van der Waals surface area contributed by atoms with E-state index in [-0.39, 0.29) is 18.6 Å². The number of hydrogen-bond acceptors (Lipinski definition) is 3. The Morgan fingerprint density at radius 1 is 1.12 bits per heavy atom. The Labute approximate surface area is 191 Å². The minimum atomic E-state index is -4.41. The molecule has 7 heteroatoms. The standard InChI is InChI=1S/C26H29F3N2O2/c1-16(2)20-13-8-17(3)14-23(20)33-24(32)15-31-22-7-5-4-6-21(22)30-25(31)18-9-11-19(12-10-18)26(27,28)29/h4-7,9-12,16-17,20,23H,8,13-15H2,1-3H3/t17-,20+,23-/m1/s1. The zero-order chi connectivity index (χ0) is 23.8. The minimum absolute atomic E-state index is 0.0490. The monoisotopic (exact) mass is 458 g/mol. The van der Waals surface area contributed by atoms with Crippen LogP contribution in [0, 0.1) is 17.8 Å². The van der Waals surface area contributed by atoms with E-state index in [2.05, 4.69) is 25.8 Å². The quantitative estimate of drug-likeness (QED) is 0.398. The molecule has 33 heavy (non-hydrogen) atoms. The minimum Gasteiger partial charge on any atom is -0.461 e. The van der Waals surface area contributed by atoms with Crippen LogP contribution in [0.25, 0.3) is 22.4 Å². The fourth-order valence-electron chi connectivity index (χ4n) is 4.85. The van der Waals surface area contributed by atoms with Gasteiger partial charge in [0.05, 0.1) is 16.6 Å². The van der Waals surface area contributed by atoms with E-state index in [0.29, 0.717) is 34.7 Å². The number of imidazole rings is 1. The molecule has 0 saturated heterocycles. The smallest absolute Gasteiger partial charge is 0.416 e. The van der Waals surface area contributed by atoms with Gasteiger partial charge in [-0.2, -0.15) is 13.2 Å². The number of nitrogens with zero attached hydrogens (tertiary/aromatic N) is 2. The lowest BCUT2D eigenvalue weighted by Crippen LogP contribution is -2.36. The highest BCUT2D eigenvalue weighted by Gasteiger charge is 2.34. The Kier molecular flexibility index (Phi) is 6.50. The van der Waals surface area contributed by atoms with Crippen molar-refractivity contribution in [1.82, 2.24) is 9.55 Å². The normalized spacial score (nSPS) is 21.5. The van der Waals surface area contributed by atoms with Crippen LogP contribution >= 0.6 is 0 Å². The summed E-state index contributed by atoms with van der Waals surface area (Å²) in [6, 6.07) is 12.2. The highest BCUT2D eigenvalue weighted by atomic mass is 19.4. The number of ether oxygens (including phenoxy) is 1. The summed E-state index contributed by atoms with van der Waals surface area (Å²) in [5.74, 6) is 1.36. The van der Waals surface area contributed by atoms with Gasteiger partial charge in [0.15, 0.2) is 0 Å². The van der Waals surface area contributed by atoms with E-state index in [0.717, 1.165) is 36.9 Å². The van der Waals surface area contributed by atoms with Crippen LogP contribution in [0.5, 0.6) is 0 Å². The zero-order valence-corrected chi connectivity index (χ0v) is 19.1. The topological polar surface area (TPSA) is 44.1 Å². The van der Waals surface area contributed by atoms with Gasteiger partial charge in [0.2, 0.25) is 0 Å². The van der Waals surface area contributed by atoms with Crippen molar-refractivity contribution in [3.8, 4) is 11.4 Å². The Bertz CT molecular complexity index is 1120. The third-order valence-corrected chi connectivity index (χ3v) is 6.66. The lowest BCUT2D eigenvalue weighted by molar-refractivity contribution is -0.156. The summed E-state index contributed by atoms with van der Waals surface area (Å²) in [6.07, 6.45) is -1.49.